The Labute approximate surface area is 159 Å². The first kappa shape index (κ1) is 17.1. The number of carbonyl (C=O) groups excluding carboxylic acids is 1. The molecule has 0 N–H and O–H groups in total. The van der Waals surface area contributed by atoms with Gasteiger partial charge in [-0.05, 0) is 75.2 Å². The molecular formula is C19H29N5OS. The summed E-state index contributed by atoms with van der Waals surface area (Å²) in [6.07, 6.45) is 6.99. The number of piperidine rings is 1. The van der Waals surface area contributed by atoms with Gasteiger partial charge in [-0.3, -0.25) is 9.69 Å². The molecular weight excluding hydrogens is 346 g/mol. The smallest absolute Gasteiger partial charge is 0.237 e. The third kappa shape index (κ3) is 2.79. The summed E-state index contributed by atoms with van der Waals surface area (Å²) < 4.78 is 4.13. The van der Waals surface area contributed by atoms with Crippen LogP contribution >= 0.6 is 11.5 Å². The van der Waals surface area contributed by atoms with Gasteiger partial charge in [0, 0.05) is 19.0 Å². The molecule has 1 aromatic heterocycles. The van der Waals surface area contributed by atoms with E-state index in [1.807, 2.05) is 0 Å². The molecule has 0 aromatic carbocycles. The molecule has 7 heteroatoms. The molecule has 4 aliphatic rings. The molecule has 1 amide bonds. The number of hydrogen-bond acceptors (Lipinski definition) is 6. The summed E-state index contributed by atoms with van der Waals surface area (Å²) in [5.74, 6) is 0.333. The summed E-state index contributed by atoms with van der Waals surface area (Å²) in [6, 6.07) is 0.605. The van der Waals surface area contributed by atoms with E-state index < -0.39 is 0 Å². The van der Waals surface area contributed by atoms with E-state index in [0.717, 1.165) is 38.0 Å². The lowest BCUT2D eigenvalue weighted by Crippen LogP contribution is -2.47. The van der Waals surface area contributed by atoms with E-state index in [9.17, 15) is 4.79 Å². The zero-order valence-corrected chi connectivity index (χ0v) is 16.5. The Balaban J connectivity index is 1.22. The molecule has 26 heavy (non-hydrogen) atoms. The van der Waals surface area contributed by atoms with Crippen molar-refractivity contribution in [3.8, 4) is 0 Å². The van der Waals surface area contributed by atoms with E-state index >= 15 is 0 Å². The van der Waals surface area contributed by atoms with E-state index in [1.54, 1.807) is 0 Å². The van der Waals surface area contributed by atoms with Gasteiger partial charge in [0.05, 0.1) is 23.2 Å². The van der Waals surface area contributed by atoms with Crippen LogP contribution in [0.25, 0.3) is 0 Å². The molecule has 3 fully saturated rings. The molecule has 1 spiro atoms. The second kappa shape index (κ2) is 6.53. The quantitative estimate of drug-likeness (QED) is 0.808. The summed E-state index contributed by atoms with van der Waals surface area (Å²) >= 11 is 1.50. The van der Waals surface area contributed by atoms with Crippen LogP contribution in [0.3, 0.4) is 0 Å². The zero-order valence-electron chi connectivity index (χ0n) is 15.7. The van der Waals surface area contributed by atoms with Gasteiger partial charge in [-0.1, -0.05) is 11.4 Å². The summed E-state index contributed by atoms with van der Waals surface area (Å²) in [6.45, 7) is 8.71. The van der Waals surface area contributed by atoms with Crippen LogP contribution in [0, 0.1) is 5.41 Å². The van der Waals surface area contributed by atoms with Crippen molar-refractivity contribution in [2.24, 2.45) is 5.41 Å². The first-order chi connectivity index (χ1) is 12.7. The molecule has 0 radical (unpaired) electrons. The third-order valence-corrected chi connectivity index (χ3v) is 8.22. The third-order valence-electron chi connectivity index (χ3n) is 7.35. The Morgan fingerprint density at radius 1 is 1.19 bits per heavy atom. The van der Waals surface area contributed by atoms with Crippen LogP contribution in [0.5, 0.6) is 0 Å². The number of hydrogen-bond donors (Lipinski definition) is 0. The number of nitrogens with zero attached hydrogens (tertiary/aromatic N) is 5. The molecule has 5 heterocycles. The first-order valence-corrected chi connectivity index (χ1v) is 11.0. The van der Waals surface area contributed by atoms with Gasteiger partial charge in [0.15, 0.2) is 0 Å². The fourth-order valence-corrected chi connectivity index (χ4v) is 6.55. The van der Waals surface area contributed by atoms with Crippen molar-refractivity contribution in [1.29, 1.82) is 0 Å². The summed E-state index contributed by atoms with van der Waals surface area (Å²) in [4.78, 5) is 21.6. The Bertz CT molecular complexity index is 683. The second-order valence-electron chi connectivity index (χ2n) is 8.73. The fourth-order valence-electron chi connectivity index (χ4n) is 5.74. The number of carbonyl (C=O) groups is 1. The summed E-state index contributed by atoms with van der Waals surface area (Å²) in [5, 5.41) is 4.28. The highest BCUT2D eigenvalue weighted by atomic mass is 32.1. The van der Waals surface area contributed by atoms with Crippen LogP contribution in [0.4, 0.5) is 0 Å². The lowest BCUT2D eigenvalue weighted by atomic mass is 9.78. The minimum atomic E-state index is 0.251. The Hall–Kier alpha value is -1.05. The average Bonchev–Trinajstić information content (AvgIpc) is 3.35. The van der Waals surface area contributed by atoms with Crippen molar-refractivity contribution in [1.82, 2.24) is 24.3 Å². The summed E-state index contributed by atoms with van der Waals surface area (Å²) in [5.41, 5.74) is 1.62. The van der Waals surface area contributed by atoms with Gasteiger partial charge < -0.3 is 9.80 Å². The van der Waals surface area contributed by atoms with Gasteiger partial charge in [0.1, 0.15) is 0 Å². The van der Waals surface area contributed by atoms with Crippen LogP contribution < -0.4 is 0 Å². The van der Waals surface area contributed by atoms with Crippen molar-refractivity contribution in [2.75, 3.05) is 39.3 Å². The monoisotopic (exact) mass is 375 g/mol. The Morgan fingerprint density at radius 2 is 1.96 bits per heavy atom. The summed E-state index contributed by atoms with van der Waals surface area (Å²) in [7, 11) is 0. The first-order valence-electron chi connectivity index (χ1n) is 10.2. The van der Waals surface area contributed by atoms with Crippen molar-refractivity contribution < 1.29 is 4.79 Å². The maximum atomic E-state index is 13.2. The molecule has 2 bridgehead atoms. The highest BCUT2D eigenvalue weighted by Crippen LogP contribution is 2.45. The number of rotatable bonds is 3. The normalized spacial score (nSPS) is 30.9. The van der Waals surface area contributed by atoms with Crippen LogP contribution in [0.1, 0.15) is 55.6 Å². The minimum absolute atomic E-state index is 0.251. The molecule has 6 nitrogen and oxygen atoms in total. The Kier molecular flexibility index (Phi) is 4.29. The largest absolute Gasteiger partial charge is 0.330 e. The van der Waals surface area contributed by atoms with Crippen molar-refractivity contribution in [3.05, 3.63) is 10.6 Å². The molecule has 142 valence electrons. The Morgan fingerprint density at radius 3 is 2.73 bits per heavy atom. The number of amides is 1. The molecule has 3 saturated heterocycles. The SMILES string of the molecule is CCN1CCC2(CC1)CCN(CC(=O)N1[C@H]3CC[C@@H]1c1snnc1C3)C2. The van der Waals surface area contributed by atoms with Gasteiger partial charge >= 0.3 is 0 Å². The lowest BCUT2D eigenvalue weighted by Gasteiger charge is -2.39. The predicted molar refractivity (Wildman–Crippen MR) is 101 cm³/mol. The van der Waals surface area contributed by atoms with Gasteiger partial charge in [0.25, 0.3) is 0 Å². The van der Waals surface area contributed by atoms with Crippen LogP contribution in [-0.2, 0) is 11.2 Å². The van der Waals surface area contributed by atoms with Crippen LogP contribution in [0.2, 0.25) is 0 Å². The molecule has 0 unspecified atom stereocenters. The van der Waals surface area contributed by atoms with Crippen molar-refractivity contribution in [2.45, 2.75) is 57.5 Å². The van der Waals surface area contributed by atoms with Gasteiger partial charge in [-0.15, -0.1) is 5.10 Å². The zero-order chi connectivity index (χ0) is 17.7. The van der Waals surface area contributed by atoms with Gasteiger partial charge in [-0.25, -0.2) is 0 Å². The van der Waals surface area contributed by atoms with Gasteiger partial charge in [-0.2, -0.15) is 0 Å². The van der Waals surface area contributed by atoms with E-state index in [2.05, 4.69) is 31.2 Å². The average molecular weight is 376 g/mol. The maximum Gasteiger partial charge on any atom is 0.237 e. The topological polar surface area (TPSA) is 52.6 Å². The van der Waals surface area contributed by atoms with Crippen molar-refractivity contribution in [3.63, 3.8) is 0 Å². The molecule has 5 rings (SSSR count). The minimum Gasteiger partial charge on any atom is -0.330 e. The lowest BCUT2D eigenvalue weighted by molar-refractivity contribution is -0.135. The van der Waals surface area contributed by atoms with Crippen LogP contribution in [0.15, 0.2) is 0 Å². The molecule has 0 saturated carbocycles. The molecule has 4 aliphatic heterocycles. The number of fused-ring (bicyclic) bond motifs is 4. The van der Waals surface area contributed by atoms with E-state index in [4.69, 9.17) is 0 Å². The van der Waals surface area contributed by atoms with Gasteiger partial charge in [0.2, 0.25) is 5.91 Å². The fraction of sp³-hybridized carbons (Fsp3) is 0.842. The van der Waals surface area contributed by atoms with E-state index in [0.29, 0.717) is 23.9 Å². The molecule has 1 aromatic rings. The number of aromatic nitrogens is 2. The predicted octanol–water partition coefficient (Wildman–Crippen LogP) is 1.93. The molecule has 2 atom stereocenters. The van der Waals surface area contributed by atoms with E-state index in [-0.39, 0.29) is 6.04 Å². The second-order valence-corrected chi connectivity index (χ2v) is 9.52. The standard InChI is InChI=1S/C19H29N5OS/c1-2-22-8-5-19(6-9-22)7-10-23(13-19)12-17(25)24-14-3-4-16(24)18-15(11-14)20-21-26-18/h14,16H,2-13H2,1H3/t14-,16+/m0/s1. The molecule has 0 aliphatic carbocycles. The van der Waals surface area contributed by atoms with Crippen LogP contribution in [-0.4, -0.2) is 75.5 Å². The highest BCUT2D eigenvalue weighted by molar-refractivity contribution is 7.05. The number of likely N-dealkylation sites (tertiary alicyclic amines) is 2. The van der Waals surface area contributed by atoms with E-state index in [1.165, 1.54) is 55.3 Å². The highest BCUT2D eigenvalue weighted by Gasteiger charge is 2.46. The maximum absolute atomic E-state index is 13.2. The van der Waals surface area contributed by atoms with Crippen molar-refractivity contribution >= 4 is 17.4 Å².